The molecule has 2 rings (SSSR count). The van der Waals surface area contributed by atoms with Gasteiger partial charge < -0.3 is 10.2 Å². The average molecular weight is 274 g/mol. The first-order valence-electron chi connectivity index (χ1n) is 8.18. The van der Waals surface area contributed by atoms with Gasteiger partial charge in [-0.1, -0.05) is 32.9 Å². The van der Waals surface area contributed by atoms with Crippen LogP contribution >= 0.6 is 0 Å². The van der Waals surface area contributed by atoms with Crippen molar-refractivity contribution in [1.29, 1.82) is 0 Å². The molecule has 1 N–H and O–H groups in total. The lowest BCUT2D eigenvalue weighted by Crippen LogP contribution is -2.29. The molecule has 0 aromatic heterocycles. The van der Waals surface area contributed by atoms with Crippen LogP contribution in [0, 0.1) is 12.8 Å². The van der Waals surface area contributed by atoms with Gasteiger partial charge in [-0.05, 0) is 55.8 Å². The molecule has 20 heavy (non-hydrogen) atoms. The van der Waals surface area contributed by atoms with Crippen molar-refractivity contribution in [1.82, 2.24) is 5.32 Å². The summed E-state index contributed by atoms with van der Waals surface area (Å²) in [5, 5.41) is 3.52. The SMILES string of the molecule is CCC1CCCN1c1ccc(CNCC(C)C)cc1C. The summed E-state index contributed by atoms with van der Waals surface area (Å²) >= 11 is 0. The first kappa shape index (κ1) is 15.4. The Balaban J connectivity index is 2.02. The van der Waals surface area contributed by atoms with E-state index in [-0.39, 0.29) is 0 Å². The highest BCUT2D eigenvalue weighted by atomic mass is 15.2. The quantitative estimate of drug-likeness (QED) is 0.839. The minimum Gasteiger partial charge on any atom is -0.368 e. The van der Waals surface area contributed by atoms with E-state index in [0.717, 1.165) is 19.1 Å². The van der Waals surface area contributed by atoms with E-state index in [1.165, 1.54) is 42.6 Å². The van der Waals surface area contributed by atoms with Crippen molar-refractivity contribution >= 4 is 5.69 Å². The molecular formula is C18H30N2. The Kier molecular flexibility index (Phi) is 5.47. The first-order chi connectivity index (χ1) is 9.61. The molecule has 0 radical (unpaired) electrons. The number of hydrogen-bond acceptors (Lipinski definition) is 2. The van der Waals surface area contributed by atoms with Gasteiger partial charge in [-0.25, -0.2) is 0 Å². The van der Waals surface area contributed by atoms with Gasteiger partial charge in [0, 0.05) is 24.8 Å². The maximum atomic E-state index is 3.52. The maximum absolute atomic E-state index is 3.52. The van der Waals surface area contributed by atoms with Crippen LogP contribution in [0.1, 0.15) is 51.2 Å². The molecule has 1 atom stereocenters. The smallest absolute Gasteiger partial charge is 0.0398 e. The van der Waals surface area contributed by atoms with Crippen LogP contribution in [-0.4, -0.2) is 19.1 Å². The van der Waals surface area contributed by atoms with Crippen LogP contribution in [-0.2, 0) is 6.54 Å². The predicted molar refractivity (Wildman–Crippen MR) is 88.4 cm³/mol. The largest absolute Gasteiger partial charge is 0.368 e. The van der Waals surface area contributed by atoms with Gasteiger partial charge in [0.05, 0.1) is 0 Å². The molecule has 0 bridgehead atoms. The van der Waals surface area contributed by atoms with E-state index in [9.17, 15) is 0 Å². The second kappa shape index (κ2) is 7.12. The van der Waals surface area contributed by atoms with Crippen LogP contribution in [0.5, 0.6) is 0 Å². The summed E-state index contributed by atoms with van der Waals surface area (Å²) in [6.07, 6.45) is 3.96. The topological polar surface area (TPSA) is 15.3 Å². The number of benzene rings is 1. The normalized spacial score (nSPS) is 19.1. The second-order valence-corrected chi connectivity index (χ2v) is 6.54. The molecule has 2 nitrogen and oxygen atoms in total. The van der Waals surface area contributed by atoms with Gasteiger partial charge in [0.1, 0.15) is 0 Å². The Morgan fingerprint density at radius 2 is 2.15 bits per heavy atom. The van der Waals surface area contributed by atoms with Gasteiger partial charge in [0.15, 0.2) is 0 Å². The van der Waals surface area contributed by atoms with Crippen LogP contribution in [0.3, 0.4) is 0 Å². The summed E-state index contributed by atoms with van der Waals surface area (Å²) < 4.78 is 0. The molecule has 1 aliphatic rings. The van der Waals surface area contributed by atoms with Crippen molar-refractivity contribution in [3.63, 3.8) is 0 Å². The van der Waals surface area contributed by atoms with Gasteiger partial charge in [0.2, 0.25) is 0 Å². The van der Waals surface area contributed by atoms with Gasteiger partial charge >= 0.3 is 0 Å². The lowest BCUT2D eigenvalue weighted by molar-refractivity contribution is 0.552. The number of anilines is 1. The molecule has 0 aliphatic carbocycles. The molecule has 1 saturated heterocycles. The number of nitrogens with one attached hydrogen (secondary N) is 1. The van der Waals surface area contributed by atoms with Gasteiger partial charge in [0.25, 0.3) is 0 Å². The highest BCUT2D eigenvalue weighted by Crippen LogP contribution is 2.30. The molecule has 1 aromatic carbocycles. The molecule has 1 fully saturated rings. The number of rotatable bonds is 6. The van der Waals surface area contributed by atoms with Crippen LogP contribution in [0.25, 0.3) is 0 Å². The highest BCUT2D eigenvalue weighted by molar-refractivity contribution is 5.56. The summed E-state index contributed by atoms with van der Waals surface area (Å²) in [6.45, 7) is 12.4. The Hall–Kier alpha value is -1.02. The highest BCUT2D eigenvalue weighted by Gasteiger charge is 2.23. The van der Waals surface area contributed by atoms with Gasteiger partial charge in [-0.3, -0.25) is 0 Å². The van der Waals surface area contributed by atoms with E-state index < -0.39 is 0 Å². The Labute approximate surface area is 124 Å². The predicted octanol–water partition coefficient (Wildman–Crippen LogP) is 4.12. The molecule has 1 heterocycles. The molecule has 1 aromatic rings. The number of nitrogens with zero attached hydrogens (tertiary/aromatic N) is 1. The zero-order valence-corrected chi connectivity index (χ0v) is 13.6. The minimum absolute atomic E-state index is 0.713. The third-order valence-electron chi connectivity index (χ3n) is 4.30. The summed E-state index contributed by atoms with van der Waals surface area (Å²) in [4.78, 5) is 2.61. The maximum Gasteiger partial charge on any atom is 0.0398 e. The molecule has 112 valence electrons. The molecule has 0 amide bonds. The molecule has 0 spiro atoms. The fourth-order valence-electron chi connectivity index (χ4n) is 3.23. The van der Waals surface area contributed by atoms with Crippen LogP contribution < -0.4 is 10.2 Å². The molecule has 1 unspecified atom stereocenters. The van der Waals surface area contributed by atoms with Crippen molar-refractivity contribution in [2.45, 2.75) is 59.5 Å². The summed E-state index contributed by atoms with van der Waals surface area (Å²) in [6, 6.07) is 7.73. The monoisotopic (exact) mass is 274 g/mol. The molecule has 0 saturated carbocycles. The summed E-state index contributed by atoms with van der Waals surface area (Å²) in [5.74, 6) is 0.713. The number of aryl methyl sites for hydroxylation is 1. The molecule has 2 heteroatoms. The zero-order chi connectivity index (χ0) is 14.5. The van der Waals surface area contributed by atoms with Crippen LogP contribution in [0.2, 0.25) is 0 Å². The van der Waals surface area contributed by atoms with Gasteiger partial charge in [-0.2, -0.15) is 0 Å². The summed E-state index contributed by atoms with van der Waals surface area (Å²) in [5.41, 5.74) is 4.27. The van der Waals surface area contributed by atoms with Crippen molar-refractivity contribution in [2.75, 3.05) is 18.0 Å². The average Bonchev–Trinajstić information content (AvgIpc) is 2.86. The third-order valence-corrected chi connectivity index (χ3v) is 4.30. The Bertz CT molecular complexity index is 425. The van der Waals surface area contributed by atoms with E-state index in [1.807, 2.05) is 0 Å². The Morgan fingerprint density at radius 3 is 2.80 bits per heavy atom. The van der Waals surface area contributed by atoms with Crippen LogP contribution in [0.15, 0.2) is 18.2 Å². The van der Waals surface area contributed by atoms with E-state index >= 15 is 0 Å². The zero-order valence-electron chi connectivity index (χ0n) is 13.6. The third kappa shape index (κ3) is 3.76. The second-order valence-electron chi connectivity index (χ2n) is 6.54. The van der Waals surface area contributed by atoms with Crippen molar-refractivity contribution < 1.29 is 0 Å². The van der Waals surface area contributed by atoms with E-state index in [1.54, 1.807) is 0 Å². The van der Waals surface area contributed by atoms with Crippen LogP contribution in [0.4, 0.5) is 5.69 Å². The lowest BCUT2D eigenvalue weighted by Gasteiger charge is -2.28. The Morgan fingerprint density at radius 1 is 1.35 bits per heavy atom. The lowest BCUT2D eigenvalue weighted by atomic mass is 10.1. The van der Waals surface area contributed by atoms with Crippen molar-refractivity contribution in [2.24, 2.45) is 5.92 Å². The fraction of sp³-hybridized carbons (Fsp3) is 0.667. The van der Waals surface area contributed by atoms with Gasteiger partial charge in [-0.15, -0.1) is 0 Å². The minimum atomic E-state index is 0.713. The van der Waals surface area contributed by atoms with Crippen molar-refractivity contribution in [3.8, 4) is 0 Å². The first-order valence-corrected chi connectivity index (χ1v) is 8.18. The van der Waals surface area contributed by atoms with Crippen molar-refractivity contribution in [3.05, 3.63) is 29.3 Å². The summed E-state index contributed by atoms with van der Waals surface area (Å²) in [7, 11) is 0. The molecule has 1 aliphatic heterocycles. The number of hydrogen-bond donors (Lipinski definition) is 1. The van der Waals surface area contributed by atoms with E-state index in [0.29, 0.717) is 5.92 Å². The van der Waals surface area contributed by atoms with E-state index in [4.69, 9.17) is 0 Å². The van der Waals surface area contributed by atoms with E-state index in [2.05, 4.69) is 56.1 Å². The standard InChI is InChI=1S/C18H30N2/c1-5-17-7-6-10-20(17)18-9-8-16(11-15(18)4)13-19-12-14(2)3/h8-9,11,14,17,19H,5-7,10,12-13H2,1-4H3. The fourth-order valence-corrected chi connectivity index (χ4v) is 3.23. The molecular weight excluding hydrogens is 244 g/mol.